The molecule has 0 N–H and O–H groups in total. The van der Waals surface area contributed by atoms with E-state index in [4.69, 9.17) is 14.2 Å². The lowest BCUT2D eigenvalue weighted by molar-refractivity contribution is -0.114. The van der Waals surface area contributed by atoms with Gasteiger partial charge in [0.15, 0.2) is 17.3 Å². The van der Waals surface area contributed by atoms with Gasteiger partial charge in [-0.05, 0) is 60.9 Å². The van der Waals surface area contributed by atoms with Gasteiger partial charge in [-0.15, -0.1) is 0 Å². The Morgan fingerprint density at radius 3 is 1.92 bits per heavy atom. The number of hydrogen-bond donors (Lipinski definition) is 0. The van der Waals surface area contributed by atoms with E-state index in [1.54, 1.807) is 27.4 Å². The van der Waals surface area contributed by atoms with Gasteiger partial charge in [-0.1, -0.05) is 96.1 Å². The second-order valence-corrected chi connectivity index (χ2v) is 12.6. The van der Waals surface area contributed by atoms with Crippen molar-refractivity contribution in [3.8, 4) is 11.5 Å². The van der Waals surface area contributed by atoms with Crippen LogP contribution in [0, 0.1) is 13.8 Å². The molecular formula is C43H40N2O4. The Morgan fingerprint density at radius 1 is 0.653 bits per heavy atom. The Labute approximate surface area is 288 Å². The van der Waals surface area contributed by atoms with Gasteiger partial charge >= 0.3 is 0 Å². The Morgan fingerprint density at radius 2 is 1.27 bits per heavy atom. The molecule has 0 saturated heterocycles. The van der Waals surface area contributed by atoms with Crippen molar-refractivity contribution in [3.05, 3.63) is 172 Å². The summed E-state index contributed by atoms with van der Waals surface area (Å²) in [6.07, 6.45) is 3.78. The van der Waals surface area contributed by atoms with Gasteiger partial charge in [0.05, 0.1) is 32.4 Å². The molecule has 0 saturated carbocycles. The Kier molecular flexibility index (Phi) is 8.47. The second-order valence-electron chi connectivity index (χ2n) is 12.6. The van der Waals surface area contributed by atoms with E-state index in [1.807, 2.05) is 18.2 Å². The van der Waals surface area contributed by atoms with Crippen LogP contribution in [0.3, 0.4) is 0 Å². The largest absolute Gasteiger partial charge is 0.493 e. The molecule has 2 aliphatic rings. The molecule has 1 spiro atoms. The molecule has 6 nitrogen and oxygen atoms in total. The van der Waals surface area contributed by atoms with E-state index in [0.717, 1.165) is 50.6 Å². The topological polar surface area (TPSA) is 51.2 Å². The zero-order valence-corrected chi connectivity index (χ0v) is 28.6. The van der Waals surface area contributed by atoms with Crippen LogP contribution in [0.2, 0.25) is 0 Å². The third-order valence-corrected chi connectivity index (χ3v) is 9.57. The first-order valence-electron chi connectivity index (χ1n) is 16.5. The maximum absolute atomic E-state index is 14.0. The number of carbonyl (C=O) groups is 1. The van der Waals surface area contributed by atoms with Gasteiger partial charge in [0.25, 0.3) is 0 Å². The number of fused-ring (bicyclic) bond motifs is 4. The lowest BCUT2D eigenvalue weighted by Gasteiger charge is -2.49. The summed E-state index contributed by atoms with van der Waals surface area (Å²) in [5.74, 6) is 1.33. The van der Waals surface area contributed by atoms with Crippen LogP contribution in [0.15, 0.2) is 139 Å². The third kappa shape index (κ3) is 5.63. The van der Waals surface area contributed by atoms with Gasteiger partial charge in [-0.25, -0.2) is 0 Å². The van der Waals surface area contributed by atoms with Crippen molar-refractivity contribution < 1.29 is 19.0 Å². The lowest BCUT2D eigenvalue weighted by Crippen LogP contribution is -2.45. The van der Waals surface area contributed by atoms with Crippen molar-refractivity contribution in [1.29, 1.82) is 0 Å². The molecule has 5 aromatic rings. The number of allylic oxidation sites excluding steroid dienone is 2. The minimum Gasteiger partial charge on any atom is -0.493 e. The van der Waals surface area contributed by atoms with Gasteiger partial charge in [0.1, 0.15) is 0 Å². The number of ether oxygens (including phenoxy) is 3. The van der Waals surface area contributed by atoms with Crippen LogP contribution >= 0.6 is 0 Å². The number of hydrogen-bond acceptors (Lipinski definition) is 6. The maximum atomic E-state index is 14.0. The van der Waals surface area contributed by atoms with Crippen LogP contribution in [0.5, 0.6) is 11.5 Å². The fourth-order valence-electron chi connectivity index (χ4n) is 7.16. The van der Waals surface area contributed by atoms with Crippen molar-refractivity contribution in [1.82, 2.24) is 0 Å². The zero-order valence-electron chi connectivity index (χ0n) is 28.6. The molecule has 5 aromatic carbocycles. The average Bonchev–Trinajstić information content (AvgIpc) is 3.13. The highest BCUT2D eigenvalue weighted by molar-refractivity contribution is 6.06. The van der Waals surface area contributed by atoms with E-state index in [9.17, 15) is 4.79 Å². The molecule has 6 heteroatoms. The maximum Gasteiger partial charge on any atom is 0.221 e. The normalized spacial score (nSPS) is 16.3. The number of anilines is 3. The lowest BCUT2D eigenvalue weighted by atomic mass is 9.65. The van der Waals surface area contributed by atoms with Crippen molar-refractivity contribution in [2.45, 2.75) is 32.4 Å². The quantitative estimate of drug-likeness (QED) is 0.159. The van der Waals surface area contributed by atoms with Gasteiger partial charge in [0.2, 0.25) is 5.78 Å². The summed E-state index contributed by atoms with van der Waals surface area (Å²) < 4.78 is 17.7. The van der Waals surface area contributed by atoms with E-state index in [0.29, 0.717) is 24.6 Å². The molecule has 0 bridgehead atoms. The monoisotopic (exact) mass is 648 g/mol. The number of carbonyl (C=O) groups excluding carboxylic acids is 1. The Hall–Kier alpha value is -5.75. The first-order chi connectivity index (χ1) is 23.9. The van der Waals surface area contributed by atoms with E-state index in [-0.39, 0.29) is 11.5 Å². The average molecular weight is 649 g/mol. The van der Waals surface area contributed by atoms with Crippen LogP contribution in [-0.4, -0.2) is 27.1 Å². The van der Waals surface area contributed by atoms with Crippen molar-refractivity contribution in [2.75, 3.05) is 31.1 Å². The van der Waals surface area contributed by atoms with E-state index >= 15 is 0 Å². The number of aryl methyl sites for hydroxylation is 2. The molecule has 0 aromatic heterocycles. The van der Waals surface area contributed by atoms with Gasteiger partial charge in [0, 0.05) is 47.9 Å². The molecule has 0 amide bonds. The molecule has 1 heterocycles. The van der Waals surface area contributed by atoms with Crippen LogP contribution in [0.25, 0.3) is 0 Å². The van der Waals surface area contributed by atoms with Crippen molar-refractivity contribution >= 4 is 22.8 Å². The molecule has 1 unspecified atom stereocenters. The molecule has 0 fully saturated rings. The van der Waals surface area contributed by atoms with Crippen LogP contribution in [0.1, 0.15) is 33.4 Å². The molecule has 1 atom stereocenters. The predicted octanol–water partition coefficient (Wildman–Crippen LogP) is 8.96. The summed E-state index contributed by atoms with van der Waals surface area (Å²) in [4.78, 5) is 18.6. The Balaban J connectivity index is 1.58. The molecule has 0 radical (unpaired) electrons. The highest BCUT2D eigenvalue weighted by Gasteiger charge is 2.50. The number of methoxy groups -OCH3 is 3. The van der Waals surface area contributed by atoms with Crippen molar-refractivity contribution in [2.24, 2.45) is 0 Å². The van der Waals surface area contributed by atoms with Crippen LogP contribution in [-0.2, 0) is 28.0 Å². The van der Waals surface area contributed by atoms with Gasteiger partial charge in [-0.2, -0.15) is 0 Å². The predicted molar refractivity (Wildman–Crippen MR) is 196 cm³/mol. The highest BCUT2D eigenvalue weighted by atomic mass is 16.5. The van der Waals surface area contributed by atoms with E-state index < -0.39 is 5.41 Å². The molecule has 246 valence electrons. The summed E-state index contributed by atoms with van der Waals surface area (Å²) in [5.41, 5.74) is 9.38. The molecular weight excluding hydrogens is 608 g/mol. The molecule has 7 rings (SSSR count). The summed E-state index contributed by atoms with van der Waals surface area (Å²) in [7, 11) is 4.88. The summed E-state index contributed by atoms with van der Waals surface area (Å²) in [6.45, 7) is 5.36. The molecule has 1 aliphatic heterocycles. The Bertz CT molecular complexity index is 2070. The summed E-state index contributed by atoms with van der Waals surface area (Å²) in [6, 6.07) is 40.0. The summed E-state index contributed by atoms with van der Waals surface area (Å²) in [5, 5.41) is 0. The van der Waals surface area contributed by atoms with Crippen molar-refractivity contribution in [3.63, 3.8) is 0 Å². The van der Waals surface area contributed by atoms with Crippen LogP contribution < -0.4 is 19.3 Å². The third-order valence-electron chi connectivity index (χ3n) is 9.57. The van der Waals surface area contributed by atoms with Gasteiger partial charge in [-0.3, -0.25) is 4.79 Å². The number of rotatable bonds is 9. The minimum atomic E-state index is -0.956. The minimum absolute atomic E-state index is 0.184. The molecule has 49 heavy (non-hydrogen) atoms. The number of benzene rings is 5. The fraction of sp³-hybridized carbons (Fsp3) is 0.186. The first-order valence-corrected chi connectivity index (χ1v) is 16.5. The number of nitrogens with zero attached hydrogens (tertiary/aromatic N) is 2. The summed E-state index contributed by atoms with van der Waals surface area (Å²) >= 11 is 0. The molecule has 1 aliphatic carbocycles. The fourth-order valence-corrected chi connectivity index (χ4v) is 7.16. The van der Waals surface area contributed by atoms with E-state index in [2.05, 4.69) is 127 Å². The SMILES string of the molecule is COC1=CC2(C(N(Cc3ccccc3)c3ccc(C)cc3)=CC1=O)c1cc(C)ccc1N(Cc1ccccc1)c1cc(OC)c(OC)cc12. The van der Waals surface area contributed by atoms with Gasteiger partial charge < -0.3 is 24.0 Å². The number of ketones is 1. The second kappa shape index (κ2) is 13.0. The smallest absolute Gasteiger partial charge is 0.221 e. The van der Waals surface area contributed by atoms with Crippen LogP contribution in [0.4, 0.5) is 17.1 Å². The standard InChI is InChI=1S/C43H40N2O4/c1-29-16-19-33(20-17-29)44(27-31-12-8-6-9-13-31)42-25-38(46)41(49-5)26-43(42)34-22-30(2)18-21-36(34)45(28-32-14-10-7-11-15-32)37-24-40(48-4)39(47-3)23-35(37)43/h6-26H,27-28H2,1-5H3. The zero-order chi connectivity index (χ0) is 34.1. The first kappa shape index (κ1) is 31.8. The highest BCUT2D eigenvalue weighted by Crippen LogP contribution is 2.58. The van der Waals surface area contributed by atoms with E-state index in [1.165, 1.54) is 5.56 Å².